The van der Waals surface area contributed by atoms with Crippen LogP contribution in [0.3, 0.4) is 0 Å². The van der Waals surface area contributed by atoms with Gasteiger partial charge in [0.05, 0.1) is 22.2 Å². The lowest BCUT2D eigenvalue weighted by atomic mass is 9.66. The maximum absolute atomic E-state index is 13.4. The van der Waals surface area contributed by atoms with Crippen molar-refractivity contribution < 1.29 is 4.79 Å². The minimum absolute atomic E-state index is 0. The van der Waals surface area contributed by atoms with E-state index in [1.165, 1.54) is 18.2 Å². The molecule has 11 nitrogen and oxygen atoms in total. The summed E-state index contributed by atoms with van der Waals surface area (Å²) in [5, 5.41) is 12.5. The predicted molar refractivity (Wildman–Crippen MR) is 155 cm³/mol. The Morgan fingerprint density at radius 2 is 2.03 bits per heavy atom. The fourth-order valence-corrected chi connectivity index (χ4v) is 6.59. The number of rotatable bonds is 5. The normalized spacial score (nSPS) is 22.0. The third-order valence-corrected chi connectivity index (χ3v) is 8.87. The molecule has 1 amide bonds. The number of nitrogens with two attached hydrogens (primary N) is 1. The molecule has 38 heavy (non-hydrogen) atoms. The van der Waals surface area contributed by atoms with Gasteiger partial charge < -0.3 is 31.9 Å². The first-order chi connectivity index (χ1) is 17.7. The molecule has 2 aromatic rings. The number of hydrogen-bond acceptors (Lipinski definition) is 10. The van der Waals surface area contributed by atoms with Crippen LogP contribution in [0.5, 0.6) is 0 Å². The number of amides is 1. The van der Waals surface area contributed by atoms with E-state index in [4.69, 9.17) is 15.7 Å². The van der Waals surface area contributed by atoms with E-state index < -0.39 is 5.54 Å². The molecule has 0 bridgehead atoms. The summed E-state index contributed by atoms with van der Waals surface area (Å²) in [6.07, 6.45) is 9.63. The van der Waals surface area contributed by atoms with Crippen molar-refractivity contribution in [3.05, 3.63) is 48.2 Å². The molecule has 202 valence electrons. The van der Waals surface area contributed by atoms with Crippen molar-refractivity contribution in [2.45, 2.75) is 61.1 Å². The van der Waals surface area contributed by atoms with Crippen LogP contribution < -0.4 is 27.0 Å². The van der Waals surface area contributed by atoms with Crippen LogP contribution >= 0.6 is 22.6 Å². The van der Waals surface area contributed by atoms with Gasteiger partial charge in [0, 0.05) is 48.7 Å². The number of nitrogens with one attached hydrogen (secondary N) is 1. The Bertz CT molecular complexity index is 1270. The average molecular weight is 631 g/mol. The molecule has 2 aromatic heterocycles. The molecule has 1 saturated carbocycles. The number of hydrogen-bond donors (Lipinski definition) is 3. The van der Waals surface area contributed by atoms with Crippen LogP contribution in [0, 0.1) is 11.3 Å². The highest BCUT2D eigenvalue weighted by molar-refractivity contribution is 14.1. The summed E-state index contributed by atoms with van der Waals surface area (Å²) >= 11 is 2.43. The molecule has 6 N–H and O–H groups in total. The number of aromatic nitrogens is 3. The van der Waals surface area contributed by atoms with Crippen LogP contribution in [0.25, 0.3) is 0 Å². The second-order valence-electron chi connectivity index (χ2n) is 10.7. The monoisotopic (exact) mass is 630 g/mol. The van der Waals surface area contributed by atoms with Gasteiger partial charge in [-0.15, -0.1) is 0 Å². The van der Waals surface area contributed by atoms with Crippen LogP contribution in [0.15, 0.2) is 37.1 Å². The van der Waals surface area contributed by atoms with E-state index in [0.717, 1.165) is 36.8 Å². The molecule has 1 saturated heterocycles. The van der Waals surface area contributed by atoms with Gasteiger partial charge in [-0.3, -0.25) is 4.79 Å². The molecule has 2 atom stereocenters. The zero-order chi connectivity index (χ0) is 26.4. The highest BCUT2D eigenvalue weighted by Gasteiger charge is 2.52. The second-order valence-corrected chi connectivity index (χ2v) is 12.1. The molecule has 2 fully saturated rings. The average Bonchev–Trinajstić information content (AvgIpc) is 3.25. The number of alkyl halides is 1. The number of nitriles is 1. The van der Waals surface area contributed by atoms with Crippen molar-refractivity contribution in [2.24, 2.45) is 5.73 Å². The minimum Gasteiger partial charge on any atom is -0.403 e. The van der Waals surface area contributed by atoms with Gasteiger partial charge in [-0.2, -0.15) is 5.26 Å². The van der Waals surface area contributed by atoms with Gasteiger partial charge in [0.25, 0.3) is 0 Å². The lowest BCUT2D eigenvalue weighted by Gasteiger charge is -2.47. The Kier molecular flexibility index (Phi) is 7.72. The first-order valence-electron chi connectivity index (χ1n) is 12.6. The molecule has 1 aliphatic carbocycles. The highest BCUT2D eigenvalue weighted by Crippen LogP contribution is 2.56. The van der Waals surface area contributed by atoms with E-state index in [9.17, 15) is 10.1 Å². The van der Waals surface area contributed by atoms with E-state index in [-0.39, 0.29) is 27.6 Å². The number of piperazine rings is 1. The largest absolute Gasteiger partial charge is 0.403 e. The smallest absolute Gasteiger partial charge is 0.248 e. The van der Waals surface area contributed by atoms with Crippen LogP contribution in [0.4, 0.5) is 17.5 Å². The van der Waals surface area contributed by atoms with Crippen LogP contribution in [0.1, 0.15) is 51.2 Å². The van der Waals surface area contributed by atoms with Gasteiger partial charge in [-0.25, -0.2) is 15.0 Å². The van der Waals surface area contributed by atoms with E-state index in [1.54, 1.807) is 24.8 Å². The van der Waals surface area contributed by atoms with Crippen molar-refractivity contribution in [1.29, 1.82) is 5.26 Å². The fraction of sp³-hybridized carbons (Fsp3) is 0.500. The lowest BCUT2D eigenvalue weighted by Crippen LogP contribution is -2.63. The summed E-state index contributed by atoms with van der Waals surface area (Å²) < 4.78 is 0.0452. The number of fused-ring (bicyclic) bond motifs is 2. The van der Waals surface area contributed by atoms with Crippen molar-refractivity contribution in [3.8, 4) is 6.07 Å². The topological polar surface area (TPSA) is 162 Å². The van der Waals surface area contributed by atoms with E-state index in [2.05, 4.69) is 55.7 Å². The minimum atomic E-state index is -0.764. The van der Waals surface area contributed by atoms with Crippen LogP contribution in [0.2, 0.25) is 0 Å². The Morgan fingerprint density at radius 3 is 2.68 bits per heavy atom. The third-order valence-electron chi connectivity index (χ3n) is 7.80. The summed E-state index contributed by atoms with van der Waals surface area (Å²) in [6, 6.07) is 5.76. The number of carbonyl (C=O) groups excluding carboxylic acids is 1. The van der Waals surface area contributed by atoms with Gasteiger partial charge in [0.2, 0.25) is 5.91 Å². The van der Waals surface area contributed by atoms with Gasteiger partial charge in [-0.05, 0) is 45.7 Å². The summed E-state index contributed by atoms with van der Waals surface area (Å²) in [5.41, 5.74) is 6.45. The van der Waals surface area contributed by atoms with Gasteiger partial charge in [0.15, 0.2) is 0 Å². The first-order valence-corrected chi connectivity index (χ1v) is 13.8. The molecule has 0 aromatic carbocycles. The number of halogens is 1. The van der Waals surface area contributed by atoms with Crippen molar-refractivity contribution >= 4 is 46.0 Å². The maximum atomic E-state index is 13.4. The Balaban J connectivity index is 0.00000336. The van der Waals surface area contributed by atoms with Crippen LogP contribution in [-0.4, -0.2) is 61.0 Å². The van der Waals surface area contributed by atoms with Gasteiger partial charge in [0.1, 0.15) is 29.3 Å². The van der Waals surface area contributed by atoms with E-state index >= 15 is 0 Å². The first kappa shape index (κ1) is 27.8. The number of nitrogens with zero attached hydrogens (tertiary/aromatic N) is 7. The molecule has 5 rings (SSSR count). The predicted octanol–water partition coefficient (Wildman–Crippen LogP) is 3.07. The fourth-order valence-electron chi connectivity index (χ4n) is 5.68. The Hall–Kier alpha value is -3.18. The van der Waals surface area contributed by atoms with Crippen molar-refractivity contribution in [1.82, 2.24) is 31.3 Å². The molecular weight excluding hydrogens is 595 g/mol. The summed E-state index contributed by atoms with van der Waals surface area (Å²) in [6.45, 7) is 7.87. The quantitative estimate of drug-likeness (QED) is 0.254. The zero-order valence-electron chi connectivity index (χ0n) is 22.1. The van der Waals surface area contributed by atoms with Crippen LogP contribution in [-0.2, 0) is 10.2 Å². The van der Waals surface area contributed by atoms with Gasteiger partial charge in [-0.1, -0.05) is 29.0 Å². The molecule has 3 aliphatic rings. The Morgan fingerprint density at radius 1 is 1.29 bits per heavy atom. The van der Waals surface area contributed by atoms with E-state index in [1.807, 2.05) is 24.8 Å². The van der Waals surface area contributed by atoms with E-state index in [0.29, 0.717) is 18.7 Å². The summed E-state index contributed by atoms with van der Waals surface area (Å²) in [7, 11) is 0. The SMILES string of the molecule is C[C@@H]1CN(c2ncnc3c2C2(CCC2)CN3c2cc(C#N)ccn2)C(I)CN1C(=O)C(C)(C)N/C=C\N.N. The standard InChI is InChI=1S/C26H32IN9O.H3N/c1-17-13-35(19(27)14-34(17)24(37)25(2,3)33-10-8-28)22-21-23(32-16-31-22)36(15-26(21)6-4-7-26)20-11-18(12-29)5-9-30-20;/h5,8-11,16-17,19,33H,4,6-7,13-15,28H2,1-3H3;1H3/b10-8-;/t17-,19?;/m1./s1. The number of carbonyl (C=O) groups is 1. The molecule has 2 aliphatic heterocycles. The Labute approximate surface area is 237 Å². The van der Waals surface area contributed by atoms with Crippen molar-refractivity contribution in [3.63, 3.8) is 0 Å². The third kappa shape index (κ3) is 4.62. The molecule has 12 heteroatoms. The molecular formula is C26H35IN10O. The van der Waals surface area contributed by atoms with Crippen molar-refractivity contribution in [2.75, 3.05) is 29.4 Å². The second kappa shape index (κ2) is 10.5. The van der Waals surface area contributed by atoms with Gasteiger partial charge >= 0.3 is 0 Å². The molecule has 1 unspecified atom stereocenters. The molecule has 4 heterocycles. The molecule has 1 spiro atoms. The summed E-state index contributed by atoms with van der Waals surface area (Å²) in [4.78, 5) is 34.0. The lowest BCUT2D eigenvalue weighted by molar-refractivity contribution is -0.139. The highest BCUT2D eigenvalue weighted by atomic mass is 127. The maximum Gasteiger partial charge on any atom is 0.248 e. The number of pyridine rings is 1. The zero-order valence-corrected chi connectivity index (χ0v) is 24.2. The molecule has 0 radical (unpaired) electrons. The summed E-state index contributed by atoms with van der Waals surface area (Å²) in [5.74, 6) is 2.61. The number of anilines is 3.